The first kappa shape index (κ1) is 15.9. The molecule has 3 atom stereocenters. The van der Waals surface area contributed by atoms with Gasteiger partial charge in [-0.2, -0.15) is 5.10 Å². The predicted octanol–water partition coefficient (Wildman–Crippen LogP) is -0.445. The summed E-state index contributed by atoms with van der Waals surface area (Å²) >= 11 is 0. The molecule has 118 valence electrons. The van der Waals surface area contributed by atoms with Crippen molar-refractivity contribution >= 4 is 5.91 Å². The molecule has 1 aliphatic heterocycles. The first-order valence-electron chi connectivity index (χ1n) is 6.88. The van der Waals surface area contributed by atoms with Gasteiger partial charge in [0, 0.05) is 27.7 Å². The van der Waals surface area contributed by atoms with E-state index in [4.69, 9.17) is 14.2 Å². The van der Waals surface area contributed by atoms with Crippen LogP contribution in [-0.2, 0) is 25.5 Å². The van der Waals surface area contributed by atoms with Gasteiger partial charge in [-0.1, -0.05) is 0 Å². The Hall–Kier alpha value is -1.51. The van der Waals surface area contributed by atoms with E-state index in [1.54, 1.807) is 37.2 Å². The Morgan fingerprint density at radius 2 is 2.24 bits per heavy atom. The Kier molecular flexibility index (Phi) is 5.66. The number of methoxy groups -OCH3 is 2. The SMILES string of the molecule is CO[C@H]1[C@H](N(C)C(=O)CCn2cncn2)COC[C@H]1OC. The molecule has 1 amide bonds. The molecule has 2 rings (SSSR count). The molecular weight excluding hydrogens is 276 g/mol. The zero-order chi connectivity index (χ0) is 15.2. The summed E-state index contributed by atoms with van der Waals surface area (Å²) in [5.41, 5.74) is 0. The van der Waals surface area contributed by atoms with E-state index in [-0.39, 0.29) is 24.2 Å². The molecule has 0 spiro atoms. The zero-order valence-electron chi connectivity index (χ0n) is 12.6. The minimum absolute atomic E-state index is 0.0119. The molecule has 0 N–H and O–H groups in total. The smallest absolute Gasteiger partial charge is 0.224 e. The van der Waals surface area contributed by atoms with Gasteiger partial charge in [0.05, 0.1) is 25.8 Å². The minimum atomic E-state index is -0.191. The molecule has 1 fully saturated rings. The first-order valence-corrected chi connectivity index (χ1v) is 6.88. The van der Waals surface area contributed by atoms with Gasteiger partial charge in [-0.05, 0) is 0 Å². The van der Waals surface area contributed by atoms with Crippen LogP contribution in [0.3, 0.4) is 0 Å². The topological polar surface area (TPSA) is 78.7 Å². The lowest BCUT2D eigenvalue weighted by atomic mass is 10.0. The summed E-state index contributed by atoms with van der Waals surface area (Å²) in [6, 6.07) is -0.156. The lowest BCUT2D eigenvalue weighted by Crippen LogP contribution is -2.57. The molecule has 1 saturated heterocycles. The van der Waals surface area contributed by atoms with E-state index in [2.05, 4.69) is 10.1 Å². The van der Waals surface area contributed by atoms with E-state index < -0.39 is 0 Å². The van der Waals surface area contributed by atoms with Gasteiger partial charge in [-0.3, -0.25) is 9.48 Å². The highest BCUT2D eigenvalue weighted by molar-refractivity contribution is 5.76. The Morgan fingerprint density at radius 1 is 1.43 bits per heavy atom. The first-order chi connectivity index (χ1) is 10.2. The van der Waals surface area contributed by atoms with Gasteiger partial charge in [0.15, 0.2) is 0 Å². The molecule has 21 heavy (non-hydrogen) atoms. The summed E-state index contributed by atoms with van der Waals surface area (Å²) < 4.78 is 18.0. The zero-order valence-corrected chi connectivity index (χ0v) is 12.6. The summed E-state index contributed by atoms with van der Waals surface area (Å²) in [4.78, 5) is 17.8. The van der Waals surface area contributed by atoms with E-state index in [1.165, 1.54) is 6.33 Å². The second kappa shape index (κ2) is 7.48. The van der Waals surface area contributed by atoms with E-state index in [0.29, 0.717) is 26.2 Å². The molecule has 0 saturated carbocycles. The Labute approximate surface area is 124 Å². The number of amides is 1. The van der Waals surface area contributed by atoms with Crippen molar-refractivity contribution in [2.45, 2.75) is 31.2 Å². The largest absolute Gasteiger partial charge is 0.376 e. The molecule has 8 nitrogen and oxygen atoms in total. The molecule has 8 heteroatoms. The number of likely N-dealkylation sites (N-methyl/N-ethyl adjacent to an activating group) is 1. The van der Waals surface area contributed by atoms with Crippen molar-refractivity contribution in [1.82, 2.24) is 19.7 Å². The van der Waals surface area contributed by atoms with Gasteiger partial charge in [-0.15, -0.1) is 0 Å². The highest BCUT2D eigenvalue weighted by Gasteiger charge is 2.38. The van der Waals surface area contributed by atoms with Crippen LogP contribution in [0.15, 0.2) is 12.7 Å². The normalized spacial score (nSPS) is 25.8. The van der Waals surface area contributed by atoms with E-state index >= 15 is 0 Å². The lowest BCUT2D eigenvalue weighted by molar-refractivity contribution is -0.164. The van der Waals surface area contributed by atoms with Crippen molar-refractivity contribution in [2.75, 3.05) is 34.5 Å². The minimum Gasteiger partial charge on any atom is -0.376 e. The maximum Gasteiger partial charge on any atom is 0.224 e. The third-order valence-electron chi connectivity index (χ3n) is 3.80. The third kappa shape index (κ3) is 3.78. The molecule has 0 bridgehead atoms. The molecule has 1 aromatic rings. The van der Waals surface area contributed by atoms with Crippen molar-refractivity contribution < 1.29 is 19.0 Å². The van der Waals surface area contributed by atoms with Crippen molar-refractivity contribution in [3.63, 3.8) is 0 Å². The van der Waals surface area contributed by atoms with Crippen LogP contribution in [0.4, 0.5) is 0 Å². The number of rotatable bonds is 6. The molecular formula is C13H22N4O4. The van der Waals surface area contributed by atoms with Crippen LogP contribution in [0.1, 0.15) is 6.42 Å². The van der Waals surface area contributed by atoms with Gasteiger partial charge in [0.25, 0.3) is 0 Å². The number of hydrogen-bond donors (Lipinski definition) is 0. The molecule has 0 radical (unpaired) electrons. The summed E-state index contributed by atoms with van der Waals surface area (Å²) in [7, 11) is 5.01. The van der Waals surface area contributed by atoms with Crippen molar-refractivity contribution in [3.05, 3.63) is 12.7 Å². The quantitative estimate of drug-likeness (QED) is 0.708. The number of ether oxygens (including phenoxy) is 3. The molecule has 1 aromatic heterocycles. The monoisotopic (exact) mass is 298 g/mol. The Bertz CT molecular complexity index is 439. The summed E-state index contributed by atoms with van der Waals surface area (Å²) in [6.45, 7) is 1.43. The number of hydrogen-bond acceptors (Lipinski definition) is 6. The standard InChI is InChI=1S/C13H22N4O4/c1-16(12(18)4-5-17-9-14-8-15-17)10-6-21-7-11(19-2)13(10)20-3/h8-11,13H,4-7H2,1-3H3/t10-,11-,13+/m1/s1. The second-order valence-corrected chi connectivity index (χ2v) is 4.99. The maximum absolute atomic E-state index is 12.3. The van der Waals surface area contributed by atoms with Crippen LogP contribution in [-0.4, -0.2) is 78.3 Å². The van der Waals surface area contributed by atoms with Gasteiger partial charge in [0.2, 0.25) is 5.91 Å². The number of aryl methyl sites for hydroxylation is 1. The van der Waals surface area contributed by atoms with Crippen LogP contribution < -0.4 is 0 Å². The molecule has 0 aromatic carbocycles. The third-order valence-corrected chi connectivity index (χ3v) is 3.80. The van der Waals surface area contributed by atoms with Crippen LogP contribution in [0, 0.1) is 0 Å². The van der Waals surface area contributed by atoms with Crippen LogP contribution in [0.2, 0.25) is 0 Å². The van der Waals surface area contributed by atoms with E-state index in [9.17, 15) is 4.79 Å². The molecule has 0 unspecified atom stereocenters. The molecule has 1 aliphatic rings. The van der Waals surface area contributed by atoms with E-state index in [1.807, 2.05) is 0 Å². The fraction of sp³-hybridized carbons (Fsp3) is 0.769. The molecule has 2 heterocycles. The van der Waals surface area contributed by atoms with Crippen LogP contribution in [0.25, 0.3) is 0 Å². The molecule has 0 aliphatic carbocycles. The van der Waals surface area contributed by atoms with Gasteiger partial charge in [0.1, 0.15) is 24.9 Å². The van der Waals surface area contributed by atoms with Crippen molar-refractivity contribution in [1.29, 1.82) is 0 Å². The summed E-state index contributed by atoms with van der Waals surface area (Å²) in [6.07, 6.45) is 3.04. The Morgan fingerprint density at radius 3 is 2.86 bits per heavy atom. The van der Waals surface area contributed by atoms with E-state index in [0.717, 1.165) is 0 Å². The number of carbonyl (C=O) groups excluding carboxylic acids is 1. The summed E-state index contributed by atoms with van der Waals surface area (Å²) in [5, 5.41) is 3.98. The van der Waals surface area contributed by atoms with Crippen LogP contribution in [0.5, 0.6) is 0 Å². The summed E-state index contributed by atoms with van der Waals surface area (Å²) in [5.74, 6) is 0.0119. The average molecular weight is 298 g/mol. The Balaban J connectivity index is 1.93. The highest BCUT2D eigenvalue weighted by Crippen LogP contribution is 2.19. The van der Waals surface area contributed by atoms with Gasteiger partial charge in [-0.25, -0.2) is 4.98 Å². The predicted molar refractivity (Wildman–Crippen MR) is 73.6 cm³/mol. The highest BCUT2D eigenvalue weighted by atomic mass is 16.6. The average Bonchev–Trinajstić information content (AvgIpc) is 3.04. The van der Waals surface area contributed by atoms with Crippen LogP contribution >= 0.6 is 0 Å². The van der Waals surface area contributed by atoms with Gasteiger partial charge >= 0.3 is 0 Å². The van der Waals surface area contributed by atoms with Crippen molar-refractivity contribution in [2.24, 2.45) is 0 Å². The fourth-order valence-corrected chi connectivity index (χ4v) is 2.51. The van der Waals surface area contributed by atoms with Gasteiger partial charge < -0.3 is 19.1 Å². The maximum atomic E-state index is 12.3. The number of nitrogens with zero attached hydrogens (tertiary/aromatic N) is 4. The number of aromatic nitrogens is 3. The number of carbonyl (C=O) groups is 1. The fourth-order valence-electron chi connectivity index (χ4n) is 2.51. The lowest BCUT2D eigenvalue weighted by Gasteiger charge is -2.40. The van der Waals surface area contributed by atoms with Crippen molar-refractivity contribution in [3.8, 4) is 0 Å². The second-order valence-electron chi connectivity index (χ2n) is 4.99.